The van der Waals surface area contributed by atoms with Crippen molar-refractivity contribution in [3.63, 3.8) is 0 Å². The number of nitrogens with zero attached hydrogens (tertiary/aromatic N) is 4. The summed E-state index contributed by atoms with van der Waals surface area (Å²) in [6.07, 6.45) is 0.144. The Balaban J connectivity index is 0.0000130. The molecule has 1 fully saturated rings. The van der Waals surface area contributed by atoms with Crippen LogP contribution in [0.25, 0.3) is 0 Å². The van der Waals surface area contributed by atoms with Gasteiger partial charge in [-0.3, -0.25) is 38.8 Å². The molecule has 18 heteroatoms. The van der Waals surface area contributed by atoms with Crippen molar-refractivity contribution in [3.8, 4) is 5.75 Å². The van der Waals surface area contributed by atoms with Gasteiger partial charge < -0.3 is 44.1 Å². The first kappa shape index (κ1) is 46.9. The summed E-state index contributed by atoms with van der Waals surface area (Å²) in [4.78, 5) is 54.8. The second kappa shape index (κ2) is 27.5. The number of hydrogen-bond donors (Lipinski definition) is 4. The van der Waals surface area contributed by atoms with Gasteiger partial charge in [-0.25, -0.2) is 0 Å². The van der Waals surface area contributed by atoms with Crippen molar-refractivity contribution in [3.05, 3.63) is 29.8 Å². The Kier molecular flexibility index (Phi) is 25.3. The molecule has 1 heterocycles. The van der Waals surface area contributed by atoms with Crippen LogP contribution in [0, 0.1) is 39.9 Å². The minimum Gasteiger partial charge on any atom is -0.491 e. The summed E-state index contributed by atoms with van der Waals surface area (Å²) in [6.45, 7) is 5.98. The Hall–Kier alpha value is -2.10. The fourth-order valence-electron chi connectivity index (χ4n) is 5.46. The largest absolute Gasteiger partial charge is 0.491 e. The summed E-state index contributed by atoms with van der Waals surface area (Å²) >= 11 is 0. The number of carboxylic acids is 4. The van der Waals surface area contributed by atoms with Gasteiger partial charge in [0.05, 0.1) is 52.7 Å². The monoisotopic (exact) mass is 872 g/mol. The van der Waals surface area contributed by atoms with Crippen LogP contribution in [-0.2, 0) is 44.5 Å². The van der Waals surface area contributed by atoms with Gasteiger partial charge in [-0.05, 0) is 31.0 Å². The molecule has 1 aliphatic rings. The summed E-state index contributed by atoms with van der Waals surface area (Å²) < 4.78 is 27.0. The first-order valence-electron chi connectivity index (χ1n) is 16.8. The van der Waals surface area contributed by atoms with Crippen LogP contribution in [0.4, 0.5) is 0 Å². The molecule has 2 atom stereocenters. The van der Waals surface area contributed by atoms with E-state index in [-0.39, 0.29) is 118 Å². The number of methoxy groups -OCH3 is 1. The van der Waals surface area contributed by atoms with Gasteiger partial charge in [0.2, 0.25) is 0 Å². The SMILES string of the molecule is CCOCCOCCOCCOc1ccc(CC(C(=O)O)N2CCN(CC(=O)O)CCN(C(COC)C(=O)O)CCN(CC(=O)O)CC2)cc1.[Gd]. The third-order valence-corrected chi connectivity index (χ3v) is 8.10. The number of rotatable bonds is 23. The van der Waals surface area contributed by atoms with Crippen molar-refractivity contribution >= 4 is 23.9 Å². The molecule has 1 aliphatic heterocycles. The Morgan fingerprint density at radius 2 is 1.08 bits per heavy atom. The zero-order chi connectivity index (χ0) is 36.7. The molecule has 1 aromatic carbocycles. The number of carboxylic acid groups (broad SMARTS) is 4. The van der Waals surface area contributed by atoms with Gasteiger partial charge in [-0.2, -0.15) is 0 Å². The van der Waals surface area contributed by atoms with Crippen LogP contribution < -0.4 is 4.74 Å². The van der Waals surface area contributed by atoms with E-state index in [0.717, 1.165) is 5.56 Å². The maximum absolute atomic E-state index is 12.6. The third-order valence-electron chi connectivity index (χ3n) is 8.10. The third kappa shape index (κ3) is 20.1. The van der Waals surface area contributed by atoms with Crippen LogP contribution in [0.3, 0.4) is 0 Å². The number of benzene rings is 1. The molecular formula is C33H54GdN4O13. The van der Waals surface area contributed by atoms with E-state index in [1.54, 1.807) is 43.9 Å². The predicted octanol–water partition coefficient (Wildman–Crippen LogP) is -0.379. The molecule has 0 bridgehead atoms. The smallest absolute Gasteiger partial charge is 0.323 e. The van der Waals surface area contributed by atoms with Gasteiger partial charge in [0, 0.05) is 106 Å². The molecule has 2 unspecified atom stereocenters. The fourth-order valence-corrected chi connectivity index (χ4v) is 5.46. The second-order valence-electron chi connectivity index (χ2n) is 11.7. The summed E-state index contributed by atoms with van der Waals surface area (Å²) in [5, 5.41) is 39.3. The van der Waals surface area contributed by atoms with E-state index in [9.17, 15) is 39.6 Å². The van der Waals surface area contributed by atoms with Gasteiger partial charge >= 0.3 is 23.9 Å². The maximum Gasteiger partial charge on any atom is 0.323 e. The topological polar surface area (TPSA) is 208 Å². The summed E-state index contributed by atoms with van der Waals surface area (Å²) in [7, 11) is 1.39. The molecule has 2 rings (SSSR count). The molecule has 51 heavy (non-hydrogen) atoms. The summed E-state index contributed by atoms with van der Waals surface area (Å²) in [6, 6.07) is 5.09. The molecule has 292 valence electrons. The van der Waals surface area contributed by atoms with E-state index in [2.05, 4.69) is 0 Å². The zero-order valence-electron chi connectivity index (χ0n) is 29.5. The number of carbonyl (C=O) groups is 4. The first-order valence-corrected chi connectivity index (χ1v) is 16.8. The van der Waals surface area contributed by atoms with E-state index in [4.69, 9.17) is 23.7 Å². The molecule has 0 saturated carbocycles. The molecule has 1 saturated heterocycles. The molecule has 0 spiro atoms. The van der Waals surface area contributed by atoms with E-state index in [0.29, 0.717) is 52.0 Å². The summed E-state index contributed by atoms with van der Waals surface area (Å²) in [5.41, 5.74) is 0.745. The number of hydrogen-bond acceptors (Lipinski definition) is 13. The quantitative estimate of drug-likeness (QED) is 0.103. The Labute approximate surface area is 331 Å². The molecule has 0 aromatic heterocycles. The predicted molar refractivity (Wildman–Crippen MR) is 180 cm³/mol. The van der Waals surface area contributed by atoms with Crippen LogP contribution in [-0.4, -0.2) is 201 Å². The minimum absolute atomic E-state index is 0. The molecule has 0 radical (unpaired) electrons. The van der Waals surface area contributed by atoms with Gasteiger partial charge in [-0.15, -0.1) is 0 Å². The van der Waals surface area contributed by atoms with Crippen molar-refractivity contribution < 1.29 is 103 Å². The number of aliphatic carboxylic acids is 4. The number of ether oxygens (including phenoxy) is 5. The van der Waals surface area contributed by atoms with E-state index < -0.39 is 36.0 Å². The molecule has 0 aliphatic carbocycles. The first-order chi connectivity index (χ1) is 24.0. The Morgan fingerprint density at radius 3 is 1.49 bits per heavy atom. The van der Waals surface area contributed by atoms with Crippen molar-refractivity contribution in [1.82, 2.24) is 19.6 Å². The average Bonchev–Trinajstić information content (AvgIpc) is 3.06. The minimum atomic E-state index is -1.11. The van der Waals surface area contributed by atoms with Gasteiger partial charge in [-0.1, -0.05) is 12.1 Å². The zero-order valence-corrected chi connectivity index (χ0v) is 31.8. The van der Waals surface area contributed by atoms with Crippen molar-refractivity contribution in [2.75, 3.05) is 125 Å². The normalized spacial score (nSPS) is 17.0. The van der Waals surface area contributed by atoms with Crippen LogP contribution >= 0.6 is 0 Å². The van der Waals surface area contributed by atoms with Crippen molar-refractivity contribution in [2.45, 2.75) is 25.4 Å². The Morgan fingerprint density at radius 1 is 0.647 bits per heavy atom. The molecule has 1 aromatic rings. The van der Waals surface area contributed by atoms with Crippen LogP contribution in [0.15, 0.2) is 24.3 Å². The van der Waals surface area contributed by atoms with Crippen LogP contribution in [0.5, 0.6) is 5.75 Å². The van der Waals surface area contributed by atoms with Crippen LogP contribution in [0.2, 0.25) is 0 Å². The summed E-state index contributed by atoms with van der Waals surface area (Å²) in [5.74, 6) is -3.72. The molecule has 0 amide bonds. The van der Waals surface area contributed by atoms with Crippen molar-refractivity contribution in [2.24, 2.45) is 0 Å². The molecule has 17 nitrogen and oxygen atoms in total. The van der Waals surface area contributed by atoms with Gasteiger partial charge in [0.25, 0.3) is 0 Å². The standard InChI is InChI=1S/C33H54N4O13.Gd/c1-3-47-16-17-48-18-19-49-20-21-50-27-6-4-26(5-7-27)22-28(32(42)43)36-12-8-34(23-30(38)39)10-14-37(29(25-46-2)33(44)45)15-11-35(9-13-36)24-31(40)41;/h4-7,28-29H,3,8-25H2,1-2H3,(H,38,39)(H,40,41)(H,42,43)(H,44,45);. The second-order valence-corrected chi connectivity index (χ2v) is 11.7. The van der Waals surface area contributed by atoms with Gasteiger partial charge in [0.15, 0.2) is 0 Å². The average molecular weight is 872 g/mol. The van der Waals surface area contributed by atoms with Crippen molar-refractivity contribution in [1.29, 1.82) is 0 Å². The van der Waals surface area contributed by atoms with Gasteiger partial charge in [0.1, 0.15) is 24.4 Å². The van der Waals surface area contributed by atoms with E-state index >= 15 is 0 Å². The molecule has 4 N–H and O–H groups in total. The van der Waals surface area contributed by atoms with Crippen LogP contribution in [0.1, 0.15) is 12.5 Å². The Bertz CT molecular complexity index is 1120. The maximum atomic E-state index is 12.6. The molecular weight excluding hydrogens is 818 g/mol. The van der Waals surface area contributed by atoms with E-state index in [1.807, 2.05) is 6.92 Å². The fraction of sp³-hybridized carbons (Fsp3) is 0.697. The van der Waals surface area contributed by atoms with E-state index in [1.165, 1.54) is 7.11 Å².